The number of nitrogens with one attached hydrogen (secondary N) is 1. The number of carbonyl (C=O) groups is 1. The molecule has 5 heteroatoms. The van der Waals surface area contributed by atoms with E-state index in [1.54, 1.807) is 0 Å². The van der Waals surface area contributed by atoms with E-state index in [-0.39, 0.29) is 12.6 Å². The summed E-state index contributed by atoms with van der Waals surface area (Å²) in [6.07, 6.45) is 1.09. The molecule has 0 spiro atoms. The number of hydrogen-bond acceptors (Lipinski definition) is 4. The Bertz CT molecular complexity index is 357. The first-order valence-electron chi connectivity index (χ1n) is 6.02. The average Bonchev–Trinajstić information content (AvgIpc) is 2.39. The van der Waals surface area contributed by atoms with Gasteiger partial charge in [-0.25, -0.2) is 0 Å². The van der Waals surface area contributed by atoms with E-state index in [4.69, 9.17) is 10.8 Å². The zero-order chi connectivity index (χ0) is 13.4. The van der Waals surface area contributed by atoms with Gasteiger partial charge in [0.2, 0.25) is 0 Å². The Morgan fingerprint density at radius 2 is 2.00 bits per heavy atom. The molecule has 0 heterocycles. The molecule has 0 aliphatic heterocycles. The third-order valence-electron chi connectivity index (χ3n) is 2.78. The second kappa shape index (κ2) is 7.81. The van der Waals surface area contributed by atoms with Gasteiger partial charge in [-0.15, -0.1) is 0 Å². The van der Waals surface area contributed by atoms with Crippen molar-refractivity contribution in [2.75, 3.05) is 13.2 Å². The summed E-state index contributed by atoms with van der Waals surface area (Å²) in [6.45, 7) is 0.635. The Kier molecular flexibility index (Phi) is 6.35. The molecular weight excluding hydrogens is 232 g/mol. The van der Waals surface area contributed by atoms with Crippen LogP contribution >= 0.6 is 0 Å². The van der Waals surface area contributed by atoms with Crippen molar-refractivity contribution in [3.8, 4) is 0 Å². The molecule has 5 nitrogen and oxygen atoms in total. The molecule has 18 heavy (non-hydrogen) atoms. The summed E-state index contributed by atoms with van der Waals surface area (Å²) in [6, 6.07) is 8.71. The molecule has 0 aliphatic carbocycles. The fraction of sp³-hybridized carbons (Fsp3) is 0.462. The van der Waals surface area contributed by atoms with Crippen LogP contribution in [0.2, 0.25) is 0 Å². The molecule has 1 aromatic rings. The Balaban J connectivity index is 2.31. The summed E-state index contributed by atoms with van der Waals surface area (Å²) in [4.78, 5) is 10.5. The fourth-order valence-electron chi connectivity index (χ4n) is 1.69. The highest BCUT2D eigenvalue weighted by molar-refractivity contribution is 5.72. The first kappa shape index (κ1) is 14.6. The molecule has 1 aromatic carbocycles. The highest BCUT2D eigenvalue weighted by atomic mass is 16.4. The van der Waals surface area contributed by atoms with Gasteiger partial charge in [0.05, 0.1) is 12.6 Å². The molecule has 1 rings (SSSR count). The largest absolute Gasteiger partial charge is 0.480 e. The minimum absolute atomic E-state index is 0.00893. The lowest BCUT2D eigenvalue weighted by Crippen LogP contribution is -2.32. The minimum Gasteiger partial charge on any atom is -0.480 e. The number of rotatable bonds is 8. The van der Waals surface area contributed by atoms with Gasteiger partial charge < -0.3 is 21.3 Å². The van der Waals surface area contributed by atoms with Crippen LogP contribution in [-0.4, -0.2) is 35.4 Å². The van der Waals surface area contributed by atoms with Crippen LogP contribution < -0.4 is 11.1 Å². The predicted octanol–water partition coefficient (Wildman–Crippen LogP) is 0.502. The zero-order valence-electron chi connectivity index (χ0n) is 10.2. The van der Waals surface area contributed by atoms with Gasteiger partial charge in [-0.2, -0.15) is 0 Å². The van der Waals surface area contributed by atoms with Crippen molar-refractivity contribution >= 4 is 5.97 Å². The van der Waals surface area contributed by atoms with Crippen molar-refractivity contribution in [1.82, 2.24) is 5.32 Å². The quantitative estimate of drug-likeness (QED) is 0.505. The maximum Gasteiger partial charge on any atom is 0.320 e. The van der Waals surface area contributed by atoms with Gasteiger partial charge in [0, 0.05) is 0 Å². The maximum atomic E-state index is 10.5. The smallest absolute Gasteiger partial charge is 0.320 e. The van der Waals surface area contributed by atoms with E-state index < -0.39 is 12.0 Å². The van der Waals surface area contributed by atoms with Crippen molar-refractivity contribution in [3.63, 3.8) is 0 Å². The number of nitrogens with two attached hydrogens (primary N) is 1. The minimum atomic E-state index is -0.975. The first-order valence-corrected chi connectivity index (χ1v) is 6.02. The lowest BCUT2D eigenvalue weighted by Gasteiger charge is -2.17. The van der Waals surface area contributed by atoms with Crippen LogP contribution in [0.3, 0.4) is 0 Å². The molecule has 0 amide bonds. The lowest BCUT2D eigenvalue weighted by molar-refractivity contribution is -0.138. The number of hydrogen-bond donors (Lipinski definition) is 4. The second-order valence-corrected chi connectivity index (χ2v) is 4.19. The van der Waals surface area contributed by atoms with E-state index in [0.717, 1.165) is 5.56 Å². The Morgan fingerprint density at radius 3 is 2.56 bits per heavy atom. The van der Waals surface area contributed by atoms with Gasteiger partial charge in [0.15, 0.2) is 0 Å². The molecule has 0 saturated carbocycles. The van der Waals surface area contributed by atoms with Gasteiger partial charge in [-0.3, -0.25) is 4.79 Å². The normalized spacial score (nSPS) is 14.1. The number of benzene rings is 1. The lowest BCUT2D eigenvalue weighted by atomic mass is 10.1. The molecule has 100 valence electrons. The van der Waals surface area contributed by atoms with E-state index in [1.165, 1.54) is 0 Å². The molecule has 0 saturated heterocycles. The van der Waals surface area contributed by atoms with Crippen LogP contribution in [0.15, 0.2) is 30.3 Å². The van der Waals surface area contributed by atoms with Gasteiger partial charge in [-0.05, 0) is 24.9 Å². The summed E-state index contributed by atoms with van der Waals surface area (Å²) in [5.74, 6) is -0.975. The summed E-state index contributed by atoms with van der Waals surface area (Å²) in [7, 11) is 0. The highest BCUT2D eigenvalue weighted by Crippen LogP contribution is 2.11. The summed E-state index contributed by atoms with van der Waals surface area (Å²) in [5, 5.41) is 21.1. The molecule has 0 unspecified atom stereocenters. The van der Waals surface area contributed by atoms with Gasteiger partial charge in [-0.1, -0.05) is 30.3 Å². The standard InChI is InChI=1S/C13H20N2O3/c14-11(13(17)18)7-4-8-15-12(9-16)10-5-2-1-3-6-10/h1-3,5-6,11-12,15-16H,4,7-9,14H2,(H,17,18)/t11-,12+/m1/s1. The number of aliphatic hydroxyl groups is 1. The van der Waals surface area contributed by atoms with E-state index in [0.29, 0.717) is 19.4 Å². The molecule has 0 aliphatic rings. The SMILES string of the molecule is N[C@H](CCCN[C@@H](CO)c1ccccc1)C(=O)O. The number of carboxylic acid groups (broad SMARTS) is 1. The number of aliphatic hydroxyl groups excluding tert-OH is 1. The molecule has 2 atom stereocenters. The maximum absolute atomic E-state index is 10.5. The van der Waals surface area contributed by atoms with Crippen molar-refractivity contribution in [2.45, 2.75) is 24.9 Å². The van der Waals surface area contributed by atoms with Crippen LogP contribution in [0.1, 0.15) is 24.4 Å². The van der Waals surface area contributed by atoms with Crippen LogP contribution in [0.25, 0.3) is 0 Å². The zero-order valence-corrected chi connectivity index (χ0v) is 10.2. The third-order valence-corrected chi connectivity index (χ3v) is 2.78. The average molecular weight is 252 g/mol. The Labute approximate surface area is 107 Å². The summed E-state index contributed by atoms with van der Waals surface area (Å²) >= 11 is 0. The fourth-order valence-corrected chi connectivity index (χ4v) is 1.69. The summed E-state index contributed by atoms with van der Waals surface area (Å²) < 4.78 is 0. The predicted molar refractivity (Wildman–Crippen MR) is 69.1 cm³/mol. The van der Waals surface area contributed by atoms with Gasteiger partial charge in [0.25, 0.3) is 0 Å². The van der Waals surface area contributed by atoms with E-state index in [2.05, 4.69) is 5.32 Å². The first-order chi connectivity index (χ1) is 8.65. The van der Waals surface area contributed by atoms with Crippen LogP contribution in [0.4, 0.5) is 0 Å². The molecule has 0 aromatic heterocycles. The molecular formula is C13H20N2O3. The van der Waals surface area contributed by atoms with Gasteiger partial charge >= 0.3 is 5.97 Å². The van der Waals surface area contributed by atoms with Crippen molar-refractivity contribution in [1.29, 1.82) is 0 Å². The van der Waals surface area contributed by atoms with Gasteiger partial charge in [0.1, 0.15) is 6.04 Å². The molecule has 0 fully saturated rings. The molecule has 0 radical (unpaired) electrons. The number of carboxylic acids is 1. The van der Waals surface area contributed by atoms with Crippen LogP contribution in [0.5, 0.6) is 0 Å². The molecule has 0 bridgehead atoms. The third kappa shape index (κ3) is 4.83. The van der Waals surface area contributed by atoms with E-state index >= 15 is 0 Å². The summed E-state index contributed by atoms with van der Waals surface area (Å²) in [5.41, 5.74) is 6.42. The highest BCUT2D eigenvalue weighted by Gasteiger charge is 2.12. The van der Waals surface area contributed by atoms with E-state index in [9.17, 15) is 9.90 Å². The molecule has 5 N–H and O–H groups in total. The Morgan fingerprint density at radius 1 is 1.33 bits per heavy atom. The van der Waals surface area contributed by atoms with Crippen LogP contribution in [0, 0.1) is 0 Å². The monoisotopic (exact) mass is 252 g/mol. The van der Waals surface area contributed by atoms with E-state index in [1.807, 2.05) is 30.3 Å². The number of aliphatic carboxylic acids is 1. The van der Waals surface area contributed by atoms with Crippen molar-refractivity contribution in [3.05, 3.63) is 35.9 Å². The van der Waals surface area contributed by atoms with Crippen molar-refractivity contribution < 1.29 is 15.0 Å². The van der Waals surface area contributed by atoms with Crippen molar-refractivity contribution in [2.24, 2.45) is 5.73 Å². The van der Waals surface area contributed by atoms with Crippen LogP contribution in [-0.2, 0) is 4.79 Å². The Hall–Kier alpha value is -1.43. The second-order valence-electron chi connectivity index (χ2n) is 4.19. The topological polar surface area (TPSA) is 95.6 Å².